The quantitative estimate of drug-likeness (QED) is 0.254. The molecule has 0 aliphatic heterocycles. The van der Waals surface area contributed by atoms with E-state index in [1.165, 1.54) is 0 Å². The number of carbonyl (C=O) groups is 2. The highest BCUT2D eigenvalue weighted by atomic mass is 31.2. The van der Waals surface area contributed by atoms with E-state index < -0.39 is 22.0 Å². The Balaban J connectivity index is 2.95. The van der Waals surface area contributed by atoms with Crippen molar-refractivity contribution in [2.24, 2.45) is 0 Å². The molecule has 1 N–H and O–H groups in total. The lowest BCUT2D eigenvalue weighted by atomic mass is 10.1. The summed E-state index contributed by atoms with van der Waals surface area (Å²) < 4.78 is 29.8. The Bertz CT molecular complexity index is 799. The van der Waals surface area contributed by atoms with Crippen LogP contribution in [0.15, 0.2) is 30.3 Å². The largest absolute Gasteiger partial charge is 0.413 e. The average molecular weight is 500 g/mol. The lowest BCUT2D eigenvalue weighted by Gasteiger charge is -2.39. The highest BCUT2D eigenvalue weighted by Crippen LogP contribution is 2.48. The van der Waals surface area contributed by atoms with Crippen molar-refractivity contribution in [1.29, 1.82) is 0 Å². The Kier molecular flexibility index (Phi) is 11.7. The van der Waals surface area contributed by atoms with Gasteiger partial charge in [-0.2, -0.15) is 0 Å². The van der Waals surface area contributed by atoms with Crippen LogP contribution in [0.4, 0.5) is 0 Å². The molecule has 1 aromatic carbocycles. The molecule has 0 aliphatic rings. The van der Waals surface area contributed by atoms with Gasteiger partial charge in [0.25, 0.3) is 0 Å². The normalized spacial score (nSPS) is 14.5. The summed E-state index contributed by atoms with van der Waals surface area (Å²) in [4.78, 5) is 25.7. The molecule has 0 radical (unpaired) electrons. The zero-order chi connectivity index (χ0) is 25.3. The maximum absolute atomic E-state index is 12.9. The predicted octanol–water partition coefficient (Wildman–Crippen LogP) is 5.87. The van der Waals surface area contributed by atoms with Crippen molar-refractivity contribution >= 4 is 27.6 Å². The first kappa shape index (κ1) is 29.7. The molecule has 0 aromatic heterocycles. The van der Waals surface area contributed by atoms with E-state index in [1.54, 1.807) is 13.8 Å². The van der Waals surface area contributed by atoms with Crippen molar-refractivity contribution in [3.8, 4) is 0 Å². The van der Waals surface area contributed by atoms with E-state index >= 15 is 0 Å². The van der Waals surface area contributed by atoms with Gasteiger partial charge in [0.15, 0.2) is 8.32 Å². The number of hydrogen-bond donors (Lipinski definition) is 1. The molecule has 1 amide bonds. The fourth-order valence-electron chi connectivity index (χ4n) is 3.14. The van der Waals surface area contributed by atoms with Crippen molar-refractivity contribution in [3.63, 3.8) is 0 Å². The van der Waals surface area contributed by atoms with Crippen molar-refractivity contribution in [3.05, 3.63) is 35.9 Å². The molecule has 188 valence electrons. The Labute approximate surface area is 200 Å². The number of rotatable bonds is 14. The molecule has 1 rings (SSSR count). The standard InChI is InChI=1S/C24H42NO6PSi/c1-9-29-32(28,30-10-2)18-21(26)16-22(31-33(7,8)24(4,5)6)17-23(27)25-19(3)20-14-12-11-13-15-20/h11-15,19,22H,9-10,16-18H2,1-8H3,(H,25,27)/t19-,22+/m0/s1. The van der Waals surface area contributed by atoms with Crippen LogP contribution in [0.1, 0.15) is 66.0 Å². The SMILES string of the molecule is CCOP(=O)(CC(=O)C[C@H](CC(=O)N[C@@H](C)c1ccccc1)O[Si](C)(C)C(C)(C)C)OCC. The molecule has 0 unspecified atom stereocenters. The summed E-state index contributed by atoms with van der Waals surface area (Å²) in [5, 5.41) is 2.91. The molecule has 0 aliphatic carbocycles. The van der Waals surface area contributed by atoms with E-state index in [1.807, 2.05) is 37.3 Å². The molecular weight excluding hydrogens is 457 g/mol. The lowest BCUT2D eigenvalue weighted by Crippen LogP contribution is -2.45. The molecule has 0 heterocycles. The number of hydrogen-bond acceptors (Lipinski definition) is 6. The zero-order valence-corrected chi connectivity index (χ0v) is 23.4. The molecule has 7 nitrogen and oxygen atoms in total. The van der Waals surface area contributed by atoms with Crippen LogP contribution < -0.4 is 5.32 Å². The van der Waals surface area contributed by atoms with Crippen LogP contribution in [0.5, 0.6) is 0 Å². The Morgan fingerprint density at radius 1 is 1.03 bits per heavy atom. The van der Waals surface area contributed by atoms with Gasteiger partial charge in [-0.15, -0.1) is 0 Å². The van der Waals surface area contributed by atoms with Gasteiger partial charge >= 0.3 is 7.60 Å². The molecule has 33 heavy (non-hydrogen) atoms. The van der Waals surface area contributed by atoms with Crippen molar-refractivity contribution in [2.75, 3.05) is 19.4 Å². The van der Waals surface area contributed by atoms with E-state index in [2.05, 4.69) is 39.2 Å². The molecule has 0 spiro atoms. The van der Waals surface area contributed by atoms with Crippen molar-refractivity contribution < 1.29 is 27.6 Å². The monoisotopic (exact) mass is 499 g/mol. The van der Waals surface area contributed by atoms with Crippen LogP contribution in [0, 0.1) is 0 Å². The lowest BCUT2D eigenvalue weighted by molar-refractivity contribution is -0.124. The van der Waals surface area contributed by atoms with Gasteiger partial charge in [-0.1, -0.05) is 51.1 Å². The Hall–Kier alpha value is -1.31. The molecular formula is C24H42NO6PSi. The first-order valence-corrected chi connectivity index (χ1v) is 16.3. The van der Waals surface area contributed by atoms with Gasteiger partial charge < -0.3 is 18.8 Å². The van der Waals surface area contributed by atoms with Gasteiger partial charge in [-0.05, 0) is 44.5 Å². The minimum atomic E-state index is -3.51. The number of Topliss-reactive ketones (excluding diaryl/α,β-unsaturated/α-hetero) is 1. The second-order valence-electron chi connectivity index (χ2n) is 9.75. The van der Waals surface area contributed by atoms with Crippen LogP contribution in [-0.2, 0) is 27.6 Å². The maximum Gasteiger partial charge on any atom is 0.338 e. The molecule has 2 atom stereocenters. The third-order valence-corrected chi connectivity index (χ3v) is 12.4. The van der Waals surface area contributed by atoms with Crippen LogP contribution in [-0.4, -0.2) is 45.5 Å². The molecule has 1 aromatic rings. The smallest absolute Gasteiger partial charge is 0.338 e. The number of ketones is 1. The van der Waals surface area contributed by atoms with Gasteiger partial charge in [0.2, 0.25) is 5.91 Å². The summed E-state index contributed by atoms with van der Waals surface area (Å²) in [6.07, 6.45) is -0.918. The minimum absolute atomic E-state index is 0.0240. The molecule has 0 bridgehead atoms. The van der Waals surface area contributed by atoms with Gasteiger partial charge in [0.1, 0.15) is 11.9 Å². The number of benzene rings is 1. The highest BCUT2D eigenvalue weighted by Gasteiger charge is 2.40. The van der Waals surface area contributed by atoms with Crippen molar-refractivity contribution in [2.45, 2.75) is 84.7 Å². The average Bonchev–Trinajstić information content (AvgIpc) is 2.67. The molecule has 0 fully saturated rings. The minimum Gasteiger partial charge on any atom is -0.413 e. The van der Waals surface area contributed by atoms with E-state index in [0.717, 1.165) is 5.56 Å². The van der Waals surface area contributed by atoms with Gasteiger partial charge in [-0.25, -0.2) is 0 Å². The summed E-state index contributed by atoms with van der Waals surface area (Å²) in [6, 6.07) is 9.52. The number of carbonyl (C=O) groups excluding carboxylic acids is 2. The van der Waals surface area contributed by atoms with Gasteiger partial charge in [0, 0.05) is 6.42 Å². The third-order valence-electron chi connectivity index (χ3n) is 5.83. The first-order chi connectivity index (χ1) is 15.2. The molecule has 0 saturated carbocycles. The van der Waals surface area contributed by atoms with Crippen LogP contribution in [0.2, 0.25) is 18.1 Å². The summed E-state index contributed by atoms with van der Waals surface area (Å²) in [5.41, 5.74) is 0.998. The third kappa shape index (κ3) is 10.2. The maximum atomic E-state index is 12.9. The number of nitrogens with one attached hydrogen (secondary N) is 1. The highest BCUT2D eigenvalue weighted by molar-refractivity contribution is 7.54. The van der Waals surface area contributed by atoms with E-state index in [0.29, 0.717) is 0 Å². The first-order valence-electron chi connectivity index (χ1n) is 11.6. The van der Waals surface area contributed by atoms with Crippen molar-refractivity contribution in [1.82, 2.24) is 5.32 Å². The summed E-state index contributed by atoms with van der Waals surface area (Å²) >= 11 is 0. The number of amides is 1. The summed E-state index contributed by atoms with van der Waals surface area (Å²) in [7, 11) is -5.76. The van der Waals surface area contributed by atoms with E-state index in [-0.39, 0.29) is 55.0 Å². The fraction of sp³-hybridized carbons (Fsp3) is 0.667. The predicted molar refractivity (Wildman–Crippen MR) is 135 cm³/mol. The Morgan fingerprint density at radius 3 is 2.06 bits per heavy atom. The molecule has 0 saturated heterocycles. The Morgan fingerprint density at radius 2 is 1.58 bits per heavy atom. The second kappa shape index (κ2) is 13.0. The van der Waals surface area contributed by atoms with Crippen LogP contribution in [0.3, 0.4) is 0 Å². The zero-order valence-electron chi connectivity index (χ0n) is 21.5. The molecule has 9 heteroatoms. The van der Waals surface area contributed by atoms with Gasteiger partial charge in [-0.3, -0.25) is 14.2 Å². The van der Waals surface area contributed by atoms with Gasteiger partial charge in [0.05, 0.1) is 31.8 Å². The summed E-state index contributed by atoms with van der Waals surface area (Å²) in [5.74, 6) is -0.492. The van der Waals surface area contributed by atoms with Crippen LogP contribution >= 0.6 is 7.60 Å². The fourth-order valence-corrected chi connectivity index (χ4v) is 6.10. The van der Waals surface area contributed by atoms with Crippen LogP contribution in [0.25, 0.3) is 0 Å². The summed E-state index contributed by atoms with van der Waals surface area (Å²) in [6.45, 7) is 16.2. The van der Waals surface area contributed by atoms with E-state index in [4.69, 9.17) is 13.5 Å². The topological polar surface area (TPSA) is 90.9 Å². The second-order valence-corrected chi connectivity index (χ2v) is 16.6. The van der Waals surface area contributed by atoms with E-state index in [9.17, 15) is 14.2 Å².